The van der Waals surface area contributed by atoms with E-state index in [9.17, 15) is 14.4 Å². The fourth-order valence-electron chi connectivity index (χ4n) is 3.58. The van der Waals surface area contributed by atoms with E-state index in [-0.39, 0.29) is 22.7 Å². The summed E-state index contributed by atoms with van der Waals surface area (Å²) in [6.45, 7) is 1.36. The second-order valence-corrected chi connectivity index (χ2v) is 7.54. The highest BCUT2D eigenvalue weighted by atomic mass is 16.2. The molecule has 1 heterocycles. The lowest BCUT2D eigenvalue weighted by Crippen LogP contribution is -2.27. The van der Waals surface area contributed by atoms with E-state index in [1.807, 2.05) is 19.0 Å². The summed E-state index contributed by atoms with van der Waals surface area (Å²) in [5.41, 5.74) is 2.43. The molecule has 0 fully saturated rings. The molecule has 156 valence electrons. The third-order valence-electron chi connectivity index (χ3n) is 5.12. The minimum absolute atomic E-state index is 0.204. The van der Waals surface area contributed by atoms with E-state index in [0.717, 1.165) is 6.54 Å². The van der Waals surface area contributed by atoms with Gasteiger partial charge in [-0.25, -0.2) is 0 Å². The van der Waals surface area contributed by atoms with Crippen LogP contribution in [0.3, 0.4) is 0 Å². The molecule has 0 saturated carbocycles. The van der Waals surface area contributed by atoms with E-state index >= 15 is 0 Å². The molecule has 1 amide bonds. The molecule has 7 heteroatoms. The monoisotopic (exact) mass is 414 g/mol. The number of ketones is 2. The van der Waals surface area contributed by atoms with Crippen molar-refractivity contribution < 1.29 is 14.4 Å². The Hall–Kier alpha value is -3.84. The number of nitrogens with one attached hydrogen (secondary N) is 2. The highest BCUT2D eigenvalue weighted by Gasteiger charge is 2.34. The lowest BCUT2D eigenvalue weighted by molar-refractivity contribution is 0.0979. The molecule has 1 aliphatic rings. The van der Waals surface area contributed by atoms with E-state index < -0.39 is 5.91 Å². The fraction of sp³-hybridized carbons (Fsp3) is 0.167. The third-order valence-corrected chi connectivity index (χ3v) is 5.12. The molecule has 1 aliphatic carbocycles. The number of carbonyl (C=O) groups excluding carboxylic acids is 3. The van der Waals surface area contributed by atoms with Crippen LogP contribution in [0.25, 0.3) is 0 Å². The second-order valence-electron chi connectivity index (χ2n) is 7.54. The Morgan fingerprint density at radius 2 is 1.55 bits per heavy atom. The van der Waals surface area contributed by atoms with Crippen molar-refractivity contribution in [1.82, 2.24) is 9.88 Å². The van der Waals surface area contributed by atoms with Crippen LogP contribution in [0.5, 0.6) is 0 Å². The van der Waals surface area contributed by atoms with Crippen molar-refractivity contribution in [3.05, 3.63) is 88.7 Å². The summed E-state index contributed by atoms with van der Waals surface area (Å²) < 4.78 is 0. The quantitative estimate of drug-likeness (QED) is 0.504. The predicted molar refractivity (Wildman–Crippen MR) is 119 cm³/mol. The van der Waals surface area contributed by atoms with Crippen LogP contribution in [0.4, 0.5) is 11.4 Å². The van der Waals surface area contributed by atoms with Crippen molar-refractivity contribution >= 4 is 28.8 Å². The molecule has 0 atom stereocenters. The first-order chi connectivity index (χ1) is 15.0. The van der Waals surface area contributed by atoms with Gasteiger partial charge in [-0.1, -0.05) is 24.3 Å². The van der Waals surface area contributed by atoms with Gasteiger partial charge in [0, 0.05) is 42.3 Å². The molecule has 4 rings (SSSR count). The van der Waals surface area contributed by atoms with Crippen molar-refractivity contribution in [3.63, 3.8) is 0 Å². The minimum Gasteiger partial charge on any atom is -0.383 e. The Bertz CT molecular complexity index is 1170. The summed E-state index contributed by atoms with van der Waals surface area (Å²) in [6, 6.07) is 13.4. The van der Waals surface area contributed by atoms with Gasteiger partial charge in [0.15, 0.2) is 11.6 Å². The van der Waals surface area contributed by atoms with Gasteiger partial charge in [0.25, 0.3) is 5.91 Å². The number of rotatable bonds is 6. The van der Waals surface area contributed by atoms with Gasteiger partial charge in [-0.3, -0.25) is 19.4 Å². The standard InChI is InChI=1S/C24H22N4O3/c1-28(2)13-12-26-18-9-10-19(27-24(31)15-6-5-11-25-14-15)21-20(18)22(29)16-7-3-4-8-17(16)23(21)30/h3-11,14,26H,12-13H2,1-2H3,(H,27,31). The van der Waals surface area contributed by atoms with E-state index in [1.54, 1.807) is 54.7 Å². The Balaban J connectivity index is 1.78. The minimum atomic E-state index is -0.400. The number of hydrogen-bond acceptors (Lipinski definition) is 6. The molecule has 3 aromatic rings. The van der Waals surface area contributed by atoms with Crippen LogP contribution >= 0.6 is 0 Å². The fourth-order valence-corrected chi connectivity index (χ4v) is 3.58. The van der Waals surface area contributed by atoms with Crippen LogP contribution in [0.1, 0.15) is 42.2 Å². The van der Waals surface area contributed by atoms with E-state index in [2.05, 4.69) is 15.6 Å². The molecule has 0 aliphatic heterocycles. The highest BCUT2D eigenvalue weighted by Crippen LogP contribution is 2.36. The van der Waals surface area contributed by atoms with Gasteiger partial charge in [0.1, 0.15) is 0 Å². The number of pyridine rings is 1. The number of likely N-dealkylation sites (N-methyl/N-ethyl adjacent to an activating group) is 1. The van der Waals surface area contributed by atoms with Gasteiger partial charge in [0.05, 0.1) is 22.4 Å². The van der Waals surface area contributed by atoms with Gasteiger partial charge in [-0.15, -0.1) is 0 Å². The van der Waals surface area contributed by atoms with E-state index in [1.165, 1.54) is 6.20 Å². The molecular formula is C24H22N4O3. The van der Waals surface area contributed by atoms with Crippen molar-refractivity contribution in [3.8, 4) is 0 Å². The van der Waals surface area contributed by atoms with Crippen molar-refractivity contribution in [1.29, 1.82) is 0 Å². The first-order valence-corrected chi connectivity index (χ1v) is 9.93. The lowest BCUT2D eigenvalue weighted by Gasteiger charge is -2.24. The molecule has 0 unspecified atom stereocenters. The predicted octanol–water partition coefficient (Wildman–Crippen LogP) is 3.08. The summed E-state index contributed by atoms with van der Waals surface area (Å²) in [6.07, 6.45) is 3.02. The van der Waals surface area contributed by atoms with Gasteiger partial charge in [-0.2, -0.15) is 0 Å². The van der Waals surface area contributed by atoms with Crippen LogP contribution in [0.15, 0.2) is 60.9 Å². The number of hydrogen-bond donors (Lipinski definition) is 2. The Kier molecular flexibility index (Phi) is 5.60. The Morgan fingerprint density at radius 3 is 2.16 bits per heavy atom. The highest BCUT2D eigenvalue weighted by molar-refractivity contribution is 6.32. The molecule has 0 radical (unpaired) electrons. The number of carbonyl (C=O) groups is 3. The summed E-state index contributed by atoms with van der Waals surface area (Å²) in [5, 5.41) is 6.04. The number of fused-ring (bicyclic) bond motifs is 2. The van der Waals surface area contributed by atoms with Crippen LogP contribution in [0.2, 0.25) is 0 Å². The maximum absolute atomic E-state index is 13.4. The zero-order valence-electron chi connectivity index (χ0n) is 17.3. The SMILES string of the molecule is CN(C)CCNc1ccc(NC(=O)c2cccnc2)c2c1C(=O)c1ccccc1C2=O. The average Bonchev–Trinajstić information content (AvgIpc) is 2.78. The molecule has 0 saturated heterocycles. The maximum atomic E-state index is 13.4. The molecule has 7 nitrogen and oxygen atoms in total. The third kappa shape index (κ3) is 3.95. The summed E-state index contributed by atoms with van der Waals surface area (Å²) >= 11 is 0. The number of benzene rings is 2. The number of nitrogens with zero attached hydrogens (tertiary/aromatic N) is 2. The van der Waals surface area contributed by atoms with Gasteiger partial charge >= 0.3 is 0 Å². The first kappa shape index (κ1) is 20.4. The summed E-state index contributed by atoms with van der Waals surface area (Å²) in [7, 11) is 3.91. The zero-order valence-corrected chi connectivity index (χ0v) is 17.3. The first-order valence-electron chi connectivity index (χ1n) is 9.93. The van der Waals surface area contributed by atoms with Gasteiger partial charge in [-0.05, 0) is 38.4 Å². The molecule has 2 aromatic carbocycles. The summed E-state index contributed by atoms with van der Waals surface area (Å²) in [4.78, 5) is 45.4. The topological polar surface area (TPSA) is 91.4 Å². The average molecular weight is 414 g/mol. The van der Waals surface area contributed by atoms with Gasteiger partial charge < -0.3 is 15.5 Å². The van der Waals surface area contributed by atoms with Crippen LogP contribution in [-0.2, 0) is 0 Å². The number of aromatic nitrogens is 1. The molecule has 31 heavy (non-hydrogen) atoms. The van der Waals surface area contributed by atoms with Crippen molar-refractivity contribution in [2.75, 3.05) is 37.8 Å². The van der Waals surface area contributed by atoms with Crippen molar-refractivity contribution in [2.24, 2.45) is 0 Å². The molecule has 2 N–H and O–H groups in total. The summed E-state index contributed by atoms with van der Waals surface area (Å²) in [5.74, 6) is -0.930. The Morgan fingerprint density at radius 1 is 0.903 bits per heavy atom. The molecular weight excluding hydrogens is 392 g/mol. The van der Waals surface area contributed by atoms with E-state index in [0.29, 0.717) is 34.6 Å². The number of anilines is 2. The molecule has 1 aromatic heterocycles. The van der Waals surface area contributed by atoms with E-state index in [4.69, 9.17) is 0 Å². The zero-order chi connectivity index (χ0) is 22.0. The van der Waals surface area contributed by atoms with Crippen LogP contribution in [-0.4, -0.2) is 54.5 Å². The lowest BCUT2D eigenvalue weighted by atomic mass is 9.82. The smallest absolute Gasteiger partial charge is 0.257 e. The van der Waals surface area contributed by atoms with Crippen molar-refractivity contribution in [2.45, 2.75) is 0 Å². The van der Waals surface area contributed by atoms with Crippen LogP contribution < -0.4 is 10.6 Å². The number of amides is 1. The Labute approximate surface area is 180 Å². The molecule has 0 spiro atoms. The largest absolute Gasteiger partial charge is 0.383 e. The van der Waals surface area contributed by atoms with Gasteiger partial charge in [0.2, 0.25) is 0 Å². The molecule has 0 bridgehead atoms. The maximum Gasteiger partial charge on any atom is 0.257 e. The van der Waals surface area contributed by atoms with Crippen LogP contribution in [0, 0.1) is 0 Å². The second kappa shape index (κ2) is 8.49. The normalized spacial score (nSPS) is 12.4.